The van der Waals surface area contributed by atoms with E-state index in [0.717, 1.165) is 21.4 Å². The molecule has 7 nitrogen and oxygen atoms in total. The van der Waals surface area contributed by atoms with E-state index in [2.05, 4.69) is 26.0 Å². The van der Waals surface area contributed by atoms with Gasteiger partial charge in [-0.1, -0.05) is 34.1 Å². The highest BCUT2D eigenvalue weighted by atomic mass is 79.9. The van der Waals surface area contributed by atoms with Crippen molar-refractivity contribution >= 4 is 49.2 Å². The molecular weight excluding hydrogens is 456 g/mol. The van der Waals surface area contributed by atoms with Crippen LogP contribution in [0.3, 0.4) is 0 Å². The van der Waals surface area contributed by atoms with E-state index in [1.165, 1.54) is 6.07 Å². The number of hydrogen-bond donors (Lipinski definition) is 2. The summed E-state index contributed by atoms with van der Waals surface area (Å²) in [7, 11) is -3.62. The Morgan fingerprint density at radius 1 is 1.22 bits per heavy atom. The van der Waals surface area contributed by atoms with Gasteiger partial charge in [0.2, 0.25) is 10.0 Å². The van der Waals surface area contributed by atoms with Crippen LogP contribution in [0.25, 0.3) is 0 Å². The van der Waals surface area contributed by atoms with Gasteiger partial charge < -0.3 is 10.1 Å². The van der Waals surface area contributed by atoms with Crippen LogP contribution < -0.4 is 10.0 Å². The highest BCUT2D eigenvalue weighted by Crippen LogP contribution is 2.16. The number of halogens is 1. The lowest BCUT2D eigenvalue weighted by Gasteiger charge is -2.14. The molecule has 0 aliphatic heterocycles. The van der Waals surface area contributed by atoms with E-state index in [9.17, 15) is 18.0 Å². The molecule has 0 fully saturated rings. The standard InChI is InChI=1S/C17H19BrN2O5S2/c1-12(13-4-6-14(18)7-5-13)20-15(21)11-25-16(22)8-9-19-27(23,24)17-3-2-10-26-17/h2-7,10,12,19H,8-9,11H2,1H3,(H,20,21). The maximum atomic E-state index is 11.9. The molecule has 0 spiro atoms. The third-order valence-electron chi connectivity index (χ3n) is 3.49. The lowest BCUT2D eigenvalue weighted by Crippen LogP contribution is -2.32. The highest BCUT2D eigenvalue weighted by molar-refractivity contribution is 9.10. The van der Waals surface area contributed by atoms with Crippen LogP contribution in [0.4, 0.5) is 0 Å². The van der Waals surface area contributed by atoms with Crippen LogP contribution in [-0.4, -0.2) is 33.4 Å². The molecule has 1 aromatic carbocycles. The zero-order valence-electron chi connectivity index (χ0n) is 14.5. The van der Waals surface area contributed by atoms with Gasteiger partial charge in [0.15, 0.2) is 6.61 Å². The Kier molecular flexibility index (Phi) is 7.96. The van der Waals surface area contributed by atoms with Crippen molar-refractivity contribution in [2.45, 2.75) is 23.6 Å². The summed E-state index contributed by atoms with van der Waals surface area (Å²) in [5, 5.41) is 4.38. The molecule has 1 atom stereocenters. The number of carbonyl (C=O) groups is 2. The summed E-state index contributed by atoms with van der Waals surface area (Å²) in [5.41, 5.74) is 0.917. The molecule has 27 heavy (non-hydrogen) atoms. The molecule has 10 heteroatoms. The van der Waals surface area contributed by atoms with E-state index in [4.69, 9.17) is 4.74 Å². The maximum absolute atomic E-state index is 11.9. The molecule has 0 aliphatic carbocycles. The summed E-state index contributed by atoms with van der Waals surface area (Å²) in [5.74, 6) is -1.09. The Labute approximate surface area is 170 Å². The maximum Gasteiger partial charge on any atom is 0.307 e. The number of amides is 1. The topological polar surface area (TPSA) is 102 Å². The first-order valence-corrected chi connectivity index (χ1v) is 11.2. The number of esters is 1. The van der Waals surface area contributed by atoms with Crippen LogP contribution in [0.2, 0.25) is 0 Å². The van der Waals surface area contributed by atoms with E-state index in [-0.39, 0.29) is 23.2 Å². The van der Waals surface area contributed by atoms with Crippen molar-refractivity contribution in [3.05, 3.63) is 51.8 Å². The summed E-state index contributed by atoms with van der Waals surface area (Å²) in [6, 6.07) is 10.4. The molecule has 0 bridgehead atoms. The first kappa shape index (κ1) is 21.5. The molecule has 0 aliphatic rings. The Morgan fingerprint density at radius 2 is 1.93 bits per heavy atom. The number of thiophene rings is 1. The third kappa shape index (κ3) is 7.06. The number of rotatable bonds is 9. The summed E-state index contributed by atoms with van der Waals surface area (Å²) in [4.78, 5) is 23.6. The van der Waals surface area contributed by atoms with Crippen molar-refractivity contribution < 1.29 is 22.7 Å². The second kappa shape index (κ2) is 9.98. The lowest BCUT2D eigenvalue weighted by atomic mass is 10.1. The van der Waals surface area contributed by atoms with Crippen LogP contribution in [0, 0.1) is 0 Å². The Balaban J connectivity index is 1.69. The second-order valence-corrected chi connectivity index (χ2v) is 9.44. The predicted octanol–water partition coefficient (Wildman–Crippen LogP) is 2.60. The fourth-order valence-electron chi connectivity index (χ4n) is 2.11. The molecule has 1 amide bonds. The monoisotopic (exact) mass is 474 g/mol. The van der Waals surface area contributed by atoms with Gasteiger partial charge in [-0.15, -0.1) is 11.3 Å². The van der Waals surface area contributed by atoms with Crippen molar-refractivity contribution in [1.82, 2.24) is 10.0 Å². The summed E-state index contributed by atoms with van der Waals surface area (Å²) < 4.78 is 32.1. The van der Waals surface area contributed by atoms with Crippen molar-refractivity contribution in [3.8, 4) is 0 Å². The minimum absolute atomic E-state index is 0.101. The van der Waals surface area contributed by atoms with Crippen molar-refractivity contribution in [1.29, 1.82) is 0 Å². The average Bonchev–Trinajstić information content (AvgIpc) is 3.16. The Bertz CT molecular complexity index is 867. The molecule has 146 valence electrons. The molecule has 1 heterocycles. The van der Waals surface area contributed by atoms with Crippen LogP contribution >= 0.6 is 27.3 Å². The number of carbonyl (C=O) groups excluding carboxylic acids is 2. The van der Waals surface area contributed by atoms with Crippen molar-refractivity contribution in [2.75, 3.05) is 13.2 Å². The van der Waals surface area contributed by atoms with E-state index in [1.54, 1.807) is 11.4 Å². The van der Waals surface area contributed by atoms with Gasteiger partial charge in [-0.2, -0.15) is 0 Å². The molecule has 0 radical (unpaired) electrons. The molecule has 2 aromatic rings. The number of ether oxygens (including phenoxy) is 1. The van der Waals surface area contributed by atoms with E-state index < -0.39 is 28.5 Å². The summed E-state index contributed by atoms with van der Waals surface area (Å²) in [6.45, 7) is 1.30. The zero-order valence-corrected chi connectivity index (χ0v) is 17.7. The molecule has 1 aromatic heterocycles. The molecule has 1 unspecified atom stereocenters. The molecule has 0 saturated heterocycles. The van der Waals surface area contributed by atoms with E-state index in [0.29, 0.717) is 0 Å². The number of hydrogen-bond acceptors (Lipinski definition) is 6. The molecule has 0 saturated carbocycles. The van der Waals surface area contributed by atoms with Crippen LogP contribution in [0.5, 0.6) is 0 Å². The molecule has 2 N–H and O–H groups in total. The fourth-order valence-corrected chi connectivity index (χ4v) is 4.44. The van der Waals surface area contributed by atoms with Crippen LogP contribution in [-0.2, 0) is 24.3 Å². The Hall–Kier alpha value is -1.75. The lowest BCUT2D eigenvalue weighted by molar-refractivity contribution is -0.148. The van der Waals surface area contributed by atoms with Crippen LogP contribution in [0.1, 0.15) is 24.9 Å². The zero-order chi connectivity index (χ0) is 19.9. The summed E-state index contributed by atoms with van der Waals surface area (Å²) in [6.07, 6.45) is -0.167. The van der Waals surface area contributed by atoms with Gasteiger partial charge in [0.1, 0.15) is 4.21 Å². The Morgan fingerprint density at radius 3 is 2.56 bits per heavy atom. The largest absolute Gasteiger partial charge is 0.456 e. The van der Waals surface area contributed by atoms with Gasteiger partial charge in [0.05, 0.1) is 12.5 Å². The van der Waals surface area contributed by atoms with Gasteiger partial charge in [-0.25, -0.2) is 13.1 Å². The smallest absolute Gasteiger partial charge is 0.307 e. The highest BCUT2D eigenvalue weighted by Gasteiger charge is 2.16. The quantitative estimate of drug-likeness (QED) is 0.543. The predicted molar refractivity (Wildman–Crippen MR) is 106 cm³/mol. The SMILES string of the molecule is CC(NC(=O)COC(=O)CCNS(=O)(=O)c1cccs1)c1ccc(Br)cc1. The van der Waals surface area contributed by atoms with Crippen LogP contribution in [0.15, 0.2) is 50.5 Å². The second-order valence-electron chi connectivity index (χ2n) is 5.58. The van der Waals surface area contributed by atoms with Crippen molar-refractivity contribution in [2.24, 2.45) is 0 Å². The fraction of sp³-hybridized carbons (Fsp3) is 0.294. The minimum Gasteiger partial charge on any atom is -0.456 e. The first-order valence-electron chi connectivity index (χ1n) is 8.01. The number of sulfonamides is 1. The normalized spacial score (nSPS) is 12.4. The average molecular weight is 475 g/mol. The van der Waals surface area contributed by atoms with Gasteiger partial charge in [-0.3, -0.25) is 9.59 Å². The van der Waals surface area contributed by atoms with Gasteiger partial charge in [0.25, 0.3) is 5.91 Å². The summed E-state index contributed by atoms with van der Waals surface area (Å²) >= 11 is 4.43. The van der Waals surface area contributed by atoms with Gasteiger partial charge >= 0.3 is 5.97 Å². The third-order valence-corrected chi connectivity index (χ3v) is 6.88. The van der Waals surface area contributed by atoms with Crippen molar-refractivity contribution in [3.63, 3.8) is 0 Å². The minimum atomic E-state index is -3.62. The molecule has 2 rings (SSSR count). The van der Waals surface area contributed by atoms with E-state index >= 15 is 0 Å². The van der Waals surface area contributed by atoms with Gasteiger partial charge in [-0.05, 0) is 36.1 Å². The molecular formula is C17H19BrN2O5S2. The number of nitrogens with one attached hydrogen (secondary N) is 2. The number of benzene rings is 1. The van der Waals surface area contributed by atoms with Gasteiger partial charge in [0, 0.05) is 11.0 Å². The van der Waals surface area contributed by atoms with E-state index in [1.807, 2.05) is 31.2 Å². The first-order chi connectivity index (χ1) is 12.8.